The first-order chi connectivity index (χ1) is 17.4. The summed E-state index contributed by atoms with van der Waals surface area (Å²) in [7, 11) is 0. The molecule has 4 aromatic carbocycles. The fourth-order valence-corrected chi connectivity index (χ4v) is 3.79. The van der Waals surface area contributed by atoms with Crippen molar-refractivity contribution >= 4 is 0 Å². The second-order valence-electron chi connectivity index (χ2n) is 8.43. The Balaban J connectivity index is 1.54. The molecule has 2 atom stereocenters. The summed E-state index contributed by atoms with van der Waals surface area (Å²) in [5.41, 5.74) is 2.33. The maximum atomic E-state index is 10.8. The summed E-state index contributed by atoms with van der Waals surface area (Å²) in [6, 6.07) is 26.3. The molecule has 7 heteroatoms. The van der Waals surface area contributed by atoms with E-state index in [1.807, 2.05) is 60.7 Å². The van der Waals surface area contributed by atoms with Gasteiger partial charge in [-0.2, -0.15) is 0 Å². The Hall–Kier alpha value is -4.20. The normalized spacial score (nSPS) is 12.6. The van der Waals surface area contributed by atoms with Crippen molar-refractivity contribution in [2.24, 2.45) is 0 Å². The lowest BCUT2D eigenvalue weighted by Crippen LogP contribution is -2.21. The number of hydrogen-bond donors (Lipinski definition) is 5. The molecule has 0 aliphatic rings. The van der Waals surface area contributed by atoms with Crippen molar-refractivity contribution in [2.75, 3.05) is 0 Å². The van der Waals surface area contributed by atoms with Gasteiger partial charge in [0, 0.05) is 24.1 Å². The lowest BCUT2D eigenvalue weighted by atomic mass is 9.97. The van der Waals surface area contributed by atoms with Gasteiger partial charge in [-0.1, -0.05) is 66.7 Å². The quantitative estimate of drug-likeness (QED) is 0.221. The fourth-order valence-electron chi connectivity index (χ4n) is 3.79. The molecule has 0 saturated carbocycles. The Morgan fingerprint density at radius 3 is 1.69 bits per heavy atom. The van der Waals surface area contributed by atoms with E-state index in [4.69, 9.17) is 9.47 Å². The molecule has 0 aliphatic heterocycles. The van der Waals surface area contributed by atoms with Crippen LogP contribution in [0.3, 0.4) is 0 Å². The number of aliphatic hydroxyl groups is 2. The number of phenolic OH excluding ortho intramolecular Hbond substituents is 3. The monoisotopic (exact) mass is 488 g/mol. The van der Waals surface area contributed by atoms with Gasteiger partial charge in [0.15, 0.2) is 11.5 Å². The number of benzene rings is 4. The number of hydrogen-bond acceptors (Lipinski definition) is 7. The minimum Gasteiger partial charge on any atom is -0.508 e. The Labute approximate surface area is 209 Å². The smallest absolute Gasteiger partial charge is 0.162 e. The van der Waals surface area contributed by atoms with Gasteiger partial charge < -0.3 is 35.0 Å². The van der Waals surface area contributed by atoms with Crippen molar-refractivity contribution in [3.63, 3.8) is 0 Å². The molecule has 4 aromatic rings. The highest BCUT2D eigenvalue weighted by Gasteiger charge is 2.24. The highest BCUT2D eigenvalue weighted by Crippen LogP contribution is 2.36. The average Bonchev–Trinajstić information content (AvgIpc) is 2.89. The molecule has 7 nitrogen and oxygen atoms in total. The number of rotatable bonds is 10. The maximum Gasteiger partial charge on any atom is 0.162 e. The molecule has 0 saturated heterocycles. The van der Waals surface area contributed by atoms with E-state index in [0.717, 1.165) is 23.3 Å². The summed E-state index contributed by atoms with van der Waals surface area (Å²) in [5, 5.41) is 51.1. The summed E-state index contributed by atoms with van der Waals surface area (Å²) in [5.74, 6) is -0.191. The molecule has 186 valence electrons. The Morgan fingerprint density at radius 1 is 0.611 bits per heavy atom. The Morgan fingerprint density at radius 2 is 1.14 bits per heavy atom. The molecule has 36 heavy (non-hydrogen) atoms. The van der Waals surface area contributed by atoms with Crippen molar-refractivity contribution in [2.45, 2.75) is 31.8 Å². The Bertz CT molecular complexity index is 1250. The standard InChI is InChI=1S/C29H28O7/c30-22-14-24(31)23(25(32)15-22)16-26(33)29(34)21-11-12-27(35-17-19-7-3-1-4-8-19)28(13-21)36-18-20-9-5-2-6-10-20/h1-15,26,29-34H,16-18H2/t26-,29+/m1/s1. The largest absolute Gasteiger partial charge is 0.508 e. The van der Waals surface area contributed by atoms with E-state index < -0.39 is 12.2 Å². The number of ether oxygens (including phenoxy) is 2. The maximum absolute atomic E-state index is 10.8. The zero-order chi connectivity index (χ0) is 25.5. The molecule has 4 rings (SSSR count). The molecular formula is C29H28O7. The fraction of sp³-hybridized carbons (Fsp3) is 0.172. The summed E-state index contributed by atoms with van der Waals surface area (Å²) >= 11 is 0. The van der Waals surface area contributed by atoms with Crippen LogP contribution in [-0.2, 0) is 19.6 Å². The summed E-state index contributed by atoms with van der Waals surface area (Å²) in [4.78, 5) is 0. The van der Waals surface area contributed by atoms with Gasteiger partial charge in [0.05, 0.1) is 6.10 Å². The minimum absolute atomic E-state index is 0.0164. The summed E-state index contributed by atoms with van der Waals surface area (Å²) in [6.07, 6.45) is -2.95. The lowest BCUT2D eigenvalue weighted by molar-refractivity contribution is 0.0181. The van der Waals surface area contributed by atoms with Crippen LogP contribution in [0.2, 0.25) is 0 Å². The molecule has 0 aromatic heterocycles. The van der Waals surface area contributed by atoms with Crippen LogP contribution in [0.4, 0.5) is 0 Å². The van der Waals surface area contributed by atoms with Gasteiger partial charge >= 0.3 is 0 Å². The topological polar surface area (TPSA) is 120 Å². The molecule has 0 fully saturated rings. The zero-order valence-corrected chi connectivity index (χ0v) is 19.5. The SMILES string of the molecule is Oc1cc(O)c(C[C@@H](O)[C@@H](O)c2ccc(OCc3ccccc3)c(OCc3ccccc3)c2)c(O)c1. The molecule has 0 spiro atoms. The first kappa shape index (κ1) is 24.9. The molecule has 0 heterocycles. The van der Waals surface area contributed by atoms with Crippen molar-refractivity contribution in [1.29, 1.82) is 0 Å². The number of aromatic hydroxyl groups is 3. The van der Waals surface area contributed by atoms with Gasteiger partial charge in [-0.05, 0) is 28.8 Å². The predicted octanol–water partition coefficient (Wildman–Crippen LogP) is 4.60. The average molecular weight is 489 g/mol. The van der Waals surface area contributed by atoms with Gasteiger partial charge in [0.1, 0.15) is 36.6 Å². The third-order valence-electron chi connectivity index (χ3n) is 5.75. The van der Waals surface area contributed by atoms with Gasteiger partial charge in [0.2, 0.25) is 0 Å². The van der Waals surface area contributed by atoms with Crippen molar-refractivity contribution in [3.8, 4) is 28.7 Å². The van der Waals surface area contributed by atoms with E-state index in [-0.39, 0.29) is 35.8 Å². The van der Waals surface area contributed by atoms with E-state index >= 15 is 0 Å². The number of aliphatic hydroxyl groups excluding tert-OH is 2. The second-order valence-corrected chi connectivity index (χ2v) is 8.43. The Kier molecular flexibility index (Phi) is 7.95. The van der Waals surface area contributed by atoms with Crippen molar-refractivity contribution < 1.29 is 35.0 Å². The molecule has 0 aliphatic carbocycles. The van der Waals surface area contributed by atoms with E-state index in [9.17, 15) is 25.5 Å². The van der Waals surface area contributed by atoms with Crippen LogP contribution in [0.1, 0.15) is 28.4 Å². The first-order valence-corrected chi connectivity index (χ1v) is 11.5. The van der Waals surface area contributed by atoms with Crippen LogP contribution in [0.15, 0.2) is 91.0 Å². The van der Waals surface area contributed by atoms with Crippen molar-refractivity contribution in [3.05, 3.63) is 113 Å². The first-order valence-electron chi connectivity index (χ1n) is 11.5. The van der Waals surface area contributed by atoms with Crippen LogP contribution in [-0.4, -0.2) is 31.6 Å². The van der Waals surface area contributed by atoms with E-state index in [1.54, 1.807) is 18.2 Å². The van der Waals surface area contributed by atoms with Gasteiger partial charge in [0.25, 0.3) is 0 Å². The molecule has 0 amide bonds. The number of phenols is 3. The molecule has 0 bridgehead atoms. The molecular weight excluding hydrogens is 460 g/mol. The zero-order valence-electron chi connectivity index (χ0n) is 19.5. The highest BCUT2D eigenvalue weighted by atomic mass is 16.5. The van der Waals surface area contributed by atoms with Crippen LogP contribution in [0, 0.1) is 0 Å². The van der Waals surface area contributed by atoms with Gasteiger partial charge in [-0.15, -0.1) is 0 Å². The van der Waals surface area contributed by atoms with Gasteiger partial charge in [-0.25, -0.2) is 0 Å². The van der Waals surface area contributed by atoms with Crippen molar-refractivity contribution in [1.82, 2.24) is 0 Å². The van der Waals surface area contributed by atoms with Crippen LogP contribution in [0.25, 0.3) is 0 Å². The molecule has 0 unspecified atom stereocenters. The van der Waals surface area contributed by atoms with E-state index in [1.165, 1.54) is 0 Å². The predicted molar refractivity (Wildman–Crippen MR) is 134 cm³/mol. The second kappa shape index (κ2) is 11.5. The minimum atomic E-state index is -1.36. The summed E-state index contributed by atoms with van der Waals surface area (Å²) < 4.78 is 12.0. The third-order valence-corrected chi connectivity index (χ3v) is 5.75. The summed E-state index contributed by atoms with van der Waals surface area (Å²) in [6.45, 7) is 0.604. The van der Waals surface area contributed by atoms with E-state index in [0.29, 0.717) is 23.7 Å². The van der Waals surface area contributed by atoms with Gasteiger partial charge in [-0.3, -0.25) is 0 Å². The van der Waals surface area contributed by atoms with Crippen LogP contribution >= 0.6 is 0 Å². The molecule has 0 radical (unpaired) electrons. The van der Waals surface area contributed by atoms with Crippen LogP contribution < -0.4 is 9.47 Å². The van der Waals surface area contributed by atoms with Crippen LogP contribution in [0.5, 0.6) is 28.7 Å². The highest BCUT2D eigenvalue weighted by molar-refractivity contribution is 5.49. The molecule has 5 N–H and O–H groups in total. The third kappa shape index (κ3) is 6.27. The van der Waals surface area contributed by atoms with E-state index in [2.05, 4.69) is 0 Å². The lowest BCUT2D eigenvalue weighted by Gasteiger charge is -2.21.